The molecule has 0 spiro atoms. The SMILES string of the molecule is CCC(C)CC(CO)NC(=O)c1cc2cccnc2[nH]1. The van der Waals surface area contributed by atoms with Crippen molar-refractivity contribution in [1.82, 2.24) is 15.3 Å². The Hall–Kier alpha value is -1.88. The molecule has 0 fully saturated rings. The van der Waals surface area contributed by atoms with Crippen LogP contribution in [-0.2, 0) is 0 Å². The van der Waals surface area contributed by atoms with Gasteiger partial charge in [0.2, 0.25) is 0 Å². The Morgan fingerprint density at radius 2 is 2.35 bits per heavy atom. The van der Waals surface area contributed by atoms with Crippen molar-refractivity contribution in [3.05, 3.63) is 30.1 Å². The van der Waals surface area contributed by atoms with Crippen molar-refractivity contribution in [3.63, 3.8) is 0 Å². The molecule has 108 valence electrons. The molecular formula is C15H21N3O2. The molecule has 2 aromatic heterocycles. The third kappa shape index (κ3) is 3.36. The molecule has 5 heteroatoms. The van der Waals surface area contributed by atoms with Crippen LogP contribution in [-0.4, -0.2) is 33.6 Å². The van der Waals surface area contributed by atoms with E-state index >= 15 is 0 Å². The molecule has 0 saturated carbocycles. The van der Waals surface area contributed by atoms with E-state index in [1.54, 1.807) is 12.3 Å². The summed E-state index contributed by atoms with van der Waals surface area (Å²) < 4.78 is 0. The Morgan fingerprint density at radius 3 is 3.00 bits per heavy atom. The fourth-order valence-corrected chi connectivity index (χ4v) is 2.17. The van der Waals surface area contributed by atoms with Crippen LogP contribution in [0, 0.1) is 5.92 Å². The normalized spacial score (nSPS) is 14.2. The van der Waals surface area contributed by atoms with Crippen molar-refractivity contribution in [1.29, 1.82) is 0 Å². The molecule has 20 heavy (non-hydrogen) atoms. The number of hydrogen-bond donors (Lipinski definition) is 3. The lowest BCUT2D eigenvalue weighted by Gasteiger charge is -2.19. The zero-order valence-electron chi connectivity index (χ0n) is 11.9. The van der Waals surface area contributed by atoms with E-state index in [1.165, 1.54) is 0 Å². The Balaban J connectivity index is 2.06. The van der Waals surface area contributed by atoms with Crippen LogP contribution in [0.4, 0.5) is 0 Å². The van der Waals surface area contributed by atoms with Crippen molar-refractivity contribution >= 4 is 16.9 Å². The summed E-state index contributed by atoms with van der Waals surface area (Å²) in [6.07, 6.45) is 3.49. The van der Waals surface area contributed by atoms with Gasteiger partial charge in [-0.05, 0) is 30.5 Å². The molecule has 2 aromatic rings. The van der Waals surface area contributed by atoms with Crippen LogP contribution in [0.15, 0.2) is 24.4 Å². The summed E-state index contributed by atoms with van der Waals surface area (Å²) in [7, 11) is 0. The van der Waals surface area contributed by atoms with Gasteiger partial charge < -0.3 is 15.4 Å². The number of pyridine rings is 1. The maximum absolute atomic E-state index is 12.2. The highest BCUT2D eigenvalue weighted by Crippen LogP contribution is 2.13. The maximum Gasteiger partial charge on any atom is 0.268 e. The summed E-state index contributed by atoms with van der Waals surface area (Å²) in [5, 5.41) is 13.1. The minimum atomic E-state index is -0.211. The Bertz CT molecular complexity index is 546. The monoisotopic (exact) mass is 275 g/mol. The summed E-state index contributed by atoms with van der Waals surface area (Å²) in [6, 6.07) is 5.29. The third-order valence-corrected chi connectivity index (χ3v) is 3.58. The molecule has 2 heterocycles. The molecule has 2 atom stereocenters. The van der Waals surface area contributed by atoms with Crippen LogP contribution < -0.4 is 5.32 Å². The number of hydrogen-bond acceptors (Lipinski definition) is 3. The van der Waals surface area contributed by atoms with Gasteiger partial charge in [0.05, 0.1) is 12.6 Å². The summed E-state index contributed by atoms with van der Waals surface area (Å²) >= 11 is 0. The molecule has 5 nitrogen and oxygen atoms in total. The van der Waals surface area contributed by atoms with E-state index in [-0.39, 0.29) is 18.6 Å². The highest BCUT2D eigenvalue weighted by Gasteiger charge is 2.16. The number of nitrogens with zero attached hydrogens (tertiary/aromatic N) is 1. The highest BCUT2D eigenvalue weighted by molar-refractivity contribution is 5.97. The molecule has 2 unspecified atom stereocenters. The van der Waals surface area contributed by atoms with E-state index < -0.39 is 0 Å². The van der Waals surface area contributed by atoms with Crippen LogP contribution in [0.3, 0.4) is 0 Å². The number of aromatic amines is 1. The predicted molar refractivity (Wildman–Crippen MR) is 78.5 cm³/mol. The first kappa shape index (κ1) is 14.5. The second kappa shape index (κ2) is 6.52. The molecule has 0 bridgehead atoms. The topological polar surface area (TPSA) is 78.0 Å². The van der Waals surface area contributed by atoms with Crippen molar-refractivity contribution in [2.75, 3.05) is 6.61 Å². The van der Waals surface area contributed by atoms with Gasteiger partial charge in [-0.1, -0.05) is 20.3 Å². The maximum atomic E-state index is 12.2. The fourth-order valence-electron chi connectivity index (χ4n) is 2.17. The number of rotatable bonds is 6. The number of carbonyl (C=O) groups is 1. The van der Waals surface area contributed by atoms with E-state index in [0.29, 0.717) is 17.3 Å². The van der Waals surface area contributed by atoms with E-state index in [2.05, 4.69) is 29.1 Å². The van der Waals surface area contributed by atoms with Gasteiger partial charge in [0.15, 0.2) is 0 Å². The molecule has 0 saturated heterocycles. The number of aromatic nitrogens is 2. The van der Waals surface area contributed by atoms with Gasteiger partial charge in [-0.3, -0.25) is 4.79 Å². The number of aliphatic hydroxyl groups is 1. The minimum Gasteiger partial charge on any atom is -0.394 e. The molecule has 3 N–H and O–H groups in total. The molecule has 0 aromatic carbocycles. The molecule has 0 aliphatic heterocycles. The van der Waals surface area contributed by atoms with Crippen LogP contribution in [0.5, 0.6) is 0 Å². The lowest BCUT2D eigenvalue weighted by Crippen LogP contribution is -2.38. The van der Waals surface area contributed by atoms with Gasteiger partial charge in [0.1, 0.15) is 11.3 Å². The lowest BCUT2D eigenvalue weighted by atomic mass is 10.00. The Morgan fingerprint density at radius 1 is 1.55 bits per heavy atom. The molecular weight excluding hydrogens is 254 g/mol. The summed E-state index contributed by atoms with van der Waals surface area (Å²) in [5.41, 5.74) is 1.17. The van der Waals surface area contributed by atoms with Crippen LogP contribution in [0.1, 0.15) is 37.2 Å². The van der Waals surface area contributed by atoms with Crippen molar-refractivity contribution in [3.8, 4) is 0 Å². The number of H-pyrrole nitrogens is 1. The zero-order chi connectivity index (χ0) is 14.5. The molecule has 2 rings (SSSR count). The minimum absolute atomic E-state index is 0.0471. The highest BCUT2D eigenvalue weighted by atomic mass is 16.3. The van der Waals surface area contributed by atoms with Gasteiger partial charge in [0.25, 0.3) is 5.91 Å². The average molecular weight is 275 g/mol. The van der Waals surface area contributed by atoms with Gasteiger partial charge >= 0.3 is 0 Å². The van der Waals surface area contributed by atoms with Crippen molar-refractivity contribution in [2.45, 2.75) is 32.7 Å². The van der Waals surface area contributed by atoms with Gasteiger partial charge in [-0.2, -0.15) is 0 Å². The smallest absolute Gasteiger partial charge is 0.268 e. The van der Waals surface area contributed by atoms with E-state index in [0.717, 1.165) is 18.2 Å². The van der Waals surface area contributed by atoms with Gasteiger partial charge in [-0.15, -0.1) is 0 Å². The second-order valence-electron chi connectivity index (χ2n) is 5.23. The zero-order valence-corrected chi connectivity index (χ0v) is 11.9. The predicted octanol–water partition coefficient (Wildman–Crippen LogP) is 2.09. The Kier molecular flexibility index (Phi) is 4.74. The first-order valence-corrected chi connectivity index (χ1v) is 6.99. The molecule has 0 radical (unpaired) electrons. The van der Waals surface area contributed by atoms with Crippen molar-refractivity contribution in [2.24, 2.45) is 5.92 Å². The van der Waals surface area contributed by atoms with Crippen molar-refractivity contribution < 1.29 is 9.90 Å². The number of nitrogens with one attached hydrogen (secondary N) is 2. The first-order valence-electron chi connectivity index (χ1n) is 6.99. The van der Waals surface area contributed by atoms with E-state index in [1.807, 2.05) is 12.1 Å². The summed E-state index contributed by atoms with van der Waals surface area (Å²) in [4.78, 5) is 19.3. The largest absolute Gasteiger partial charge is 0.394 e. The number of carbonyl (C=O) groups excluding carboxylic acids is 1. The number of aliphatic hydroxyl groups excluding tert-OH is 1. The fraction of sp³-hybridized carbons (Fsp3) is 0.467. The molecule has 1 amide bonds. The lowest BCUT2D eigenvalue weighted by molar-refractivity contribution is 0.0902. The van der Waals surface area contributed by atoms with Crippen LogP contribution in [0.2, 0.25) is 0 Å². The van der Waals surface area contributed by atoms with E-state index in [9.17, 15) is 9.90 Å². The third-order valence-electron chi connectivity index (χ3n) is 3.58. The Labute approximate surface area is 118 Å². The average Bonchev–Trinajstić information content (AvgIpc) is 2.90. The summed E-state index contributed by atoms with van der Waals surface area (Å²) in [5.74, 6) is 0.266. The number of amides is 1. The number of fused-ring (bicyclic) bond motifs is 1. The van der Waals surface area contributed by atoms with Gasteiger partial charge in [0, 0.05) is 11.6 Å². The van der Waals surface area contributed by atoms with Crippen LogP contribution in [0.25, 0.3) is 11.0 Å². The summed E-state index contributed by atoms with van der Waals surface area (Å²) in [6.45, 7) is 4.17. The molecule has 0 aliphatic carbocycles. The second-order valence-corrected chi connectivity index (χ2v) is 5.23. The standard InChI is InChI=1S/C15H21N3O2/c1-3-10(2)7-12(9-19)17-15(20)13-8-11-5-4-6-16-14(11)18-13/h4-6,8,10,12,19H,3,7,9H2,1-2H3,(H,16,18)(H,17,20). The molecule has 0 aliphatic rings. The van der Waals surface area contributed by atoms with Crippen LogP contribution >= 0.6 is 0 Å². The van der Waals surface area contributed by atoms with E-state index in [4.69, 9.17) is 0 Å². The van der Waals surface area contributed by atoms with Gasteiger partial charge in [-0.25, -0.2) is 4.98 Å². The first-order chi connectivity index (χ1) is 9.63. The quantitative estimate of drug-likeness (QED) is 0.755.